The van der Waals surface area contributed by atoms with E-state index in [1.54, 1.807) is 12.1 Å². The first kappa shape index (κ1) is 15.1. The molecule has 0 bridgehead atoms. The number of hydrogen-bond acceptors (Lipinski definition) is 2. The highest BCUT2D eigenvalue weighted by atomic mass is 79.9. The number of nitrogens with one attached hydrogen (secondary N) is 2. The molecule has 0 saturated carbocycles. The highest BCUT2D eigenvalue weighted by Gasteiger charge is 2.05. The summed E-state index contributed by atoms with van der Waals surface area (Å²) in [6.45, 7) is 4.44. The first-order chi connectivity index (χ1) is 8.63. The molecule has 1 aromatic rings. The van der Waals surface area contributed by atoms with Crippen LogP contribution in [0.15, 0.2) is 22.7 Å². The second kappa shape index (κ2) is 8.21. The Balaban J connectivity index is 2.29. The van der Waals surface area contributed by atoms with Crippen LogP contribution in [0, 0.1) is 5.82 Å². The van der Waals surface area contributed by atoms with Crippen molar-refractivity contribution in [2.45, 2.75) is 19.8 Å². The van der Waals surface area contributed by atoms with Gasteiger partial charge in [0.25, 0.3) is 0 Å². The van der Waals surface area contributed by atoms with Crippen LogP contribution in [0.1, 0.15) is 18.9 Å². The molecule has 0 saturated heterocycles. The van der Waals surface area contributed by atoms with Crippen LogP contribution < -0.4 is 10.6 Å². The van der Waals surface area contributed by atoms with Gasteiger partial charge in [-0.1, -0.05) is 13.0 Å². The molecule has 0 heterocycles. The zero-order chi connectivity index (χ0) is 13.4. The zero-order valence-electron chi connectivity index (χ0n) is 10.4. The van der Waals surface area contributed by atoms with Crippen molar-refractivity contribution in [1.82, 2.24) is 10.6 Å². The fourth-order valence-electron chi connectivity index (χ4n) is 1.49. The third kappa shape index (κ3) is 5.60. The minimum Gasteiger partial charge on any atom is -0.355 e. The summed E-state index contributed by atoms with van der Waals surface area (Å²) >= 11 is 3.10. The first-order valence-corrected chi connectivity index (χ1v) is 6.84. The van der Waals surface area contributed by atoms with Crippen LogP contribution in [0.3, 0.4) is 0 Å². The van der Waals surface area contributed by atoms with Gasteiger partial charge in [0.2, 0.25) is 5.91 Å². The second-order valence-electron chi connectivity index (χ2n) is 4.03. The van der Waals surface area contributed by atoms with Crippen molar-refractivity contribution < 1.29 is 9.18 Å². The van der Waals surface area contributed by atoms with Gasteiger partial charge in [0.1, 0.15) is 5.82 Å². The van der Waals surface area contributed by atoms with E-state index in [4.69, 9.17) is 0 Å². The monoisotopic (exact) mass is 316 g/mol. The Hall–Kier alpha value is -0.940. The molecular formula is C13H18BrFN2O. The fraction of sp³-hybridized carbons (Fsp3) is 0.462. The quantitative estimate of drug-likeness (QED) is 0.758. The van der Waals surface area contributed by atoms with E-state index in [0.29, 0.717) is 11.0 Å². The van der Waals surface area contributed by atoms with Gasteiger partial charge < -0.3 is 10.6 Å². The average molecular weight is 317 g/mol. The SMILES string of the molecule is CCCNCCNC(=O)Cc1ccc(F)c(Br)c1. The number of hydrogen-bond donors (Lipinski definition) is 2. The summed E-state index contributed by atoms with van der Waals surface area (Å²) in [4.78, 5) is 11.6. The van der Waals surface area contributed by atoms with Crippen molar-refractivity contribution in [3.8, 4) is 0 Å². The molecule has 1 aromatic carbocycles. The maximum atomic E-state index is 13.0. The number of halogens is 2. The molecule has 0 spiro atoms. The molecule has 0 atom stereocenters. The number of carbonyl (C=O) groups is 1. The van der Waals surface area contributed by atoms with Crippen molar-refractivity contribution in [2.75, 3.05) is 19.6 Å². The van der Waals surface area contributed by atoms with Gasteiger partial charge in [0.15, 0.2) is 0 Å². The molecule has 0 aliphatic rings. The molecule has 100 valence electrons. The van der Waals surface area contributed by atoms with Gasteiger partial charge in [-0.25, -0.2) is 4.39 Å². The lowest BCUT2D eigenvalue weighted by molar-refractivity contribution is -0.120. The van der Waals surface area contributed by atoms with E-state index in [0.717, 1.165) is 25.1 Å². The zero-order valence-corrected chi connectivity index (χ0v) is 12.0. The Labute approximate surface area is 115 Å². The summed E-state index contributed by atoms with van der Waals surface area (Å²) in [6, 6.07) is 4.61. The molecule has 1 amide bonds. The van der Waals surface area contributed by atoms with Gasteiger partial charge in [-0.3, -0.25) is 4.79 Å². The predicted octanol–water partition coefficient (Wildman–Crippen LogP) is 2.25. The summed E-state index contributed by atoms with van der Waals surface area (Å²) in [5.74, 6) is -0.366. The second-order valence-corrected chi connectivity index (χ2v) is 4.88. The smallest absolute Gasteiger partial charge is 0.224 e. The molecule has 2 N–H and O–H groups in total. The Kier molecular flexibility index (Phi) is 6.90. The van der Waals surface area contributed by atoms with E-state index in [1.807, 2.05) is 0 Å². The molecule has 1 rings (SSSR count). The Morgan fingerprint density at radius 1 is 1.33 bits per heavy atom. The minimum atomic E-state index is -0.317. The minimum absolute atomic E-state index is 0.0493. The van der Waals surface area contributed by atoms with Gasteiger partial charge in [0, 0.05) is 13.1 Å². The lowest BCUT2D eigenvalue weighted by Crippen LogP contribution is -2.33. The summed E-state index contributed by atoms with van der Waals surface area (Å²) in [6.07, 6.45) is 1.35. The lowest BCUT2D eigenvalue weighted by atomic mass is 10.1. The fourth-order valence-corrected chi connectivity index (χ4v) is 1.92. The summed E-state index contributed by atoms with van der Waals surface area (Å²) in [5, 5.41) is 6.01. The molecule has 0 fully saturated rings. The summed E-state index contributed by atoms with van der Waals surface area (Å²) < 4.78 is 13.4. The first-order valence-electron chi connectivity index (χ1n) is 6.04. The van der Waals surface area contributed by atoms with E-state index < -0.39 is 0 Å². The van der Waals surface area contributed by atoms with Crippen LogP contribution in [0.4, 0.5) is 4.39 Å². The van der Waals surface area contributed by atoms with Crippen LogP contribution in [-0.2, 0) is 11.2 Å². The third-order valence-electron chi connectivity index (χ3n) is 2.40. The highest BCUT2D eigenvalue weighted by Crippen LogP contribution is 2.16. The molecule has 0 radical (unpaired) electrons. The maximum Gasteiger partial charge on any atom is 0.224 e. The third-order valence-corrected chi connectivity index (χ3v) is 3.01. The molecule has 0 unspecified atom stereocenters. The van der Waals surface area contributed by atoms with E-state index in [9.17, 15) is 9.18 Å². The van der Waals surface area contributed by atoms with Gasteiger partial charge >= 0.3 is 0 Å². The molecule has 0 aromatic heterocycles. The van der Waals surface area contributed by atoms with Gasteiger partial charge in [0.05, 0.1) is 10.9 Å². The Morgan fingerprint density at radius 2 is 2.11 bits per heavy atom. The van der Waals surface area contributed by atoms with Crippen molar-refractivity contribution in [3.05, 3.63) is 34.1 Å². The predicted molar refractivity (Wildman–Crippen MR) is 74.0 cm³/mol. The molecule has 18 heavy (non-hydrogen) atoms. The Bertz CT molecular complexity index is 399. The summed E-state index contributed by atoms with van der Waals surface area (Å²) in [7, 11) is 0. The van der Waals surface area contributed by atoms with Crippen LogP contribution in [0.2, 0.25) is 0 Å². The van der Waals surface area contributed by atoms with Crippen LogP contribution in [-0.4, -0.2) is 25.5 Å². The maximum absolute atomic E-state index is 13.0. The number of carbonyl (C=O) groups excluding carboxylic acids is 1. The van der Waals surface area contributed by atoms with E-state index in [-0.39, 0.29) is 18.1 Å². The molecule has 3 nitrogen and oxygen atoms in total. The van der Waals surface area contributed by atoms with Crippen molar-refractivity contribution in [3.63, 3.8) is 0 Å². The van der Waals surface area contributed by atoms with Crippen molar-refractivity contribution >= 4 is 21.8 Å². The number of amides is 1. The highest BCUT2D eigenvalue weighted by molar-refractivity contribution is 9.10. The Morgan fingerprint density at radius 3 is 2.78 bits per heavy atom. The average Bonchev–Trinajstić information content (AvgIpc) is 2.34. The van der Waals surface area contributed by atoms with Gasteiger partial charge in [-0.15, -0.1) is 0 Å². The van der Waals surface area contributed by atoms with Gasteiger partial charge in [-0.05, 0) is 46.6 Å². The molecule has 0 aliphatic heterocycles. The largest absolute Gasteiger partial charge is 0.355 e. The molecule has 5 heteroatoms. The van der Waals surface area contributed by atoms with Crippen molar-refractivity contribution in [2.24, 2.45) is 0 Å². The number of rotatable bonds is 7. The van der Waals surface area contributed by atoms with E-state index in [1.165, 1.54) is 6.07 Å². The van der Waals surface area contributed by atoms with Crippen LogP contribution >= 0.6 is 15.9 Å². The standard InChI is InChI=1S/C13H18BrFN2O/c1-2-5-16-6-7-17-13(18)9-10-3-4-12(15)11(14)8-10/h3-4,8,16H,2,5-7,9H2,1H3,(H,17,18). The topological polar surface area (TPSA) is 41.1 Å². The molecule has 0 aliphatic carbocycles. The normalized spacial score (nSPS) is 10.4. The number of benzene rings is 1. The van der Waals surface area contributed by atoms with E-state index in [2.05, 4.69) is 33.5 Å². The molecular weight excluding hydrogens is 299 g/mol. The summed E-state index contributed by atoms with van der Waals surface area (Å²) in [5.41, 5.74) is 0.794. The van der Waals surface area contributed by atoms with E-state index >= 15 is 0 Å². The lowest BCUT2D eigenvalue weighted by Gasteiger charge is -2.06. The van der Waals surface area contributed by atoms with Crippen LogP contribution in [0.25, 0.3) is 0 Å². The van der Waals surface area contributed by atoms with Gasteiger partial charge in [-0.2, -0.15) is 0 Å². The van der Waals surface area contributed by atoms with Crippen LogP contribution in [0.5, 0.6) is 0 Å². The van der Waals surface area contributed by atoms with Crippen molar-refractivity contribution in [1.29, 1.82) is 0 Å².